The van der Waals surface area contributed by atoms with Gasteiger partial charge >= 0.3 is 0 Å². The highest BCUT2D eigenvalue weighted by atomic mass is 79.9. The van der Waals surface area contributed by atoms with E-state index in [0.29, 0.717) is 17.9 Å². The van der Waals surface area contributed by atoms with E-state index < -0.39 is 6.67 Å². The Bertz CT molecular complexity index is 946. The minimum absolute atomic E-state index is 0.00441. The van der Waals surface area contributed by atoms with Crippen LogP contribution < -0.4 is 9.64 Å². The normalized spacial score (nSPS) is 10.3. The highest BCUT2D eigenvalue weighted by Gasteiger charge is 2.15. The van der Waals surface area contributed by atoms with Gasteiger partial charge in [0.15, 0.2) is 0 Å². The van der Waals surface area contributed by atoms with Crippen molar-refractivity contribution in [1.29, 1.82) is 5.26 Å². The molecule has 7 heteroatoms. The predicted octanol–water partition coefficient (Wildman–Crippen LogP) is 4.80. The number of para-hydroxylation sites is 1. The van der Waals surface area contributed by atoms with E-state index in [-0.39, 0.29) is 6.61 Å². The Labute approximate surface area is 165 Å². The molecular formula is C20H16BrFN4O. The molecule has 0 N–H and O–H groups in total. The number of anilines is 2. The summed E-state index contributed by atoms with van der Waals surface area (Å²) in [4.78, 5) is 10.1. The van der Waals surface area contributed by atoms with E-state index in [4.69, 9.17) is 4.74 Å². The second kappa shape index (κ2) is 9.10. The molecule has 0 saturated heterocycles. The van der Waals surface area contributed by atoms with Gasteiger partial charge in [-0.25, -0.2) is 14.4 Å². The maximum Gasteiger partial charge on any atom is 0.133 e. The summed E-state index contributed by atoms with van der Waals surface area (Å²) in [5, 5.41) is 9.49. The summed E-state index contributed by atoms with van der Waals surface area (Å²) in [7, 11) is 0. The molecule has 0 bridgehead atoms. The number of benzene rings is 2. The summed E-state index contributed by atoms with van der Waals surface area (Å²) in [6, 6.07) is 15.2. The summed E-state index contributed by atoms with van der Waals surface area (Å²) in [6.07, 6.45) is 4.85. The number of halogens is 2. The first-order valence-electron chi connectivity index (χ1n) is 8.22. The van der Waals surface area contributed by atoms with E-state index in [9.17, 15) is 9.65 Å². The number of nitriles is 1. The lowest BCUT2D eigenvalue weighted by Gasteiger charge is -2.25. The number of aromatic nitrogens is 2. The molecule has 0 amide bonds. The lowest BCUT2D eigenvalue weighted by Crippen LogP contribution is -2.18. The van der Waals surface area contributed by atoms with Crippen molar-refractivity contribution in [2.75, 3.05) is 18.2 Å². The number of hydrogen-bond donors (Lipinski definition) is 0. The lowest BCUT2D eigenvalue weighted by molar-refractivity contribution is 0.271. The molecule has 1 heterocycles. The summed E-state index contributed by atoms with van der Waals surface area (Å²) in [6.45, 7) is -0.0966. The zero-order chi connectivity index (χ0) is 19.1. The minimum Gasteiger partial charge on any atom is -0.490 e. The second-order valence-corrected chi connectivity index (χ2v) is 6.47. The zero-order valence-corrected chi connectivity index (χ0v) is 15.9. The van der Waals surface area contributed by atoms with Gasteiger partial charge in [-0.05, 0) is 45.8 Å². The van der Waals surface area contributed by atoms with Crippen LogP contribution in [-0.4, -0.2) is 23.2 Å². The molecule has 136 valence electrons. The molecule has 0 atom stereocenters. The van der Waals surface area contributed by atoms with Crippen molar-refractivity contribution in [2.45, 2.75) is 6.54 Å². The second-order valence-electron chi connectivity index (χ2n) is 5.61. The summed E-state index contributed by atoms with van der Waals surface area (Å²) < 4.78 is 18.7. The van der Waals surface area contributed by atoms with Crippen LogP contribution in [0.1, 0.15) is 11.1 Å². The molecule has 0 aliphatic heterocycles. The summed E-state index contributed by atoms with van der Waals surface area (Å²) in [5.41, 5.74) is 2.99. The van der Waals surface area contributed by atoms with Gasteiger partial charge in [0, 0.05) is 6.54 Å². The van der Waals surface area contributed by atoms with Crippen LogP contribution in [0.4, 0.5) is 15.8 Å². The lowest BCUT2D eigenvalue weighted by atomic mass is 10.1. The summed E-state index contributed by atoms with van der Waals surface area (Å²) >= 11 is 3.42. The van der Waals surface area contributed by atoms with E-state index in [0.717, 1.165) is 21.4 Å². The third-order valence-electron chi connectivity index (χ3n) is 3.84. The molecular weight excluding hydrogens is 411 g/mol. The van der Waals surface area contributed by atoms with Gasteiger partial charge in [-0.15, -0.1) is 0 Å². The summed E-state index contributed by atoms with van der Waals surface area (Å²) in [5.74, 6) is 0.572. The van der Waals surface area contributed by atoms with Crippen LogP contribution >= 0.6 is 15.9 Å². The third kappa shape index (κ3) is 4.60. The average Bonchev–Trinajstić information content (AvgIpc) is 2.72. The fourth-order valence-corrected chi connectivity index (χ4v) is 3.00. The minimum atomic E-state index is -0.556. The maximum absolute atomic E-state index is 12.5. The van der Waals surface area contributed by atoms with E-state index in [1.165, 1.54) is 6.33 Å². The van der Waals surface area contributed by atoms with E-state index >= 15 is 0 Å². The van der Waals surface area contributed by atoms with Gasteiger partial charge in [0.25, 0.3) is 0 Å². The van der Waals surface area contributed by atoms with Crippen molar-refractivity contribution >= 4 is 27.3 Å². The van der Waals surface area contributed by atoms with Crippen LogP contribution in [0.25, 0.3) is 0 Å². The van der Waals surface area contributed by atoms with Gasteiger partial charge in [-0.3, -0.25) is 0 Å². The molecule has 0 saturated carbocycles. The number of ether oxygens (including phenoxy) is 1. The zero-order valence-electron chi connectivity index (χ0n) is 14.3. The van der Waals surface area contributed by atoms with Crippen molar-refractivity contribution < 1.29 is 9.13 Å². The van der Waals surface area contributed by atoms with Crippen molar-refractivity contribution in [3.05, 3.63) is 76.8 Å². The maximum atomic E-state index is 12.5. The molecule has 5 nitrogen and oxygen atoms in total. The van der Waals surface area contributed by atoms with Crippen molar-refractivity contribution in [3.63, 3.8) is 0 Å². The van der Waals surface area contributed by atoms with E-state index in [1.807, 2.05) is 41.3 Å². The Kier molecular flexibility index (Phi) is 6.34. The third-order valence-corrected chi connectivity index (χ3v) is 4.50. The molecule has 27 heavy (non-hydrogen) atoms. The molecule has 0 aliphatic carbocycles. The molecule has 2 aromatic carbocycles. The number of rotatable bonds is 7. The molecule has 1 aromatic heterocycles. The van der Waals surface area contributed by atoms with Crippen LogP contribution in [0.3, 0.4) is 0 Å². The fourth-order valence-electron chi connectivity index (χ4n) is 2.64. The van der Waals surface area contributed by atoms with Gasteiger partial charge in [0.2, 0.25) is 0 Å². The van der Waals surface area contributed by atoms with Gasteiger partial charge in [0.1, 0.15) is 31.4 Å². The number of alkyl halides is 1. The highest BCUT2D eigenvalue weighted by Crippen LogP contribution is 2.32. The first-order chi connectivity index (χ1) is 13.2. The van der Waals surface area contributed by atoms with Crippen LogP contribution in [0.2, 0.25) is 0 Å². The molecule has 3 aromatic rings. The van der Waals surface area contributed by atoms with Crippen LogP contribution in [0, 0.1) is 11.3 Å². The van der Waals surface area contributed by atoms with Gasteiger partial charge in [-0.1, -0.05) is 18.2 Å². The largest absolute Gasteiger partial charge is 0.490 e. The van der Waals surface area contributed by atoms with Crippen molar-refractivity contribution in [1.82, 2.24) is 9.97 Å². The molecule has 0 fully saturated rings. The smallest absolute Gasteiger partial charge is 0.133 e. The molecule has 3 rings (SSSR count). The van der Waals surface area contributed by atoms with Crippen molar-refractivity contribution in [3.8, 4) is 11.8 Å². The average molecular weight is 427 g/mol. The van der Waals surface area contributed by atoms with Crippen LogP contribution in [-0.2, 0) is 6.54 Å². The standard InChI is InChI=1S/C20H16BrFN4O/c21-18-6-5-15(9-20(18)27-8-7-22)13-26(17-11-24-14-25-12-17)19-4-2-1-3-16(19)10-23/h1-6,9,11-12,14H,7-8,13H2. The Hall–Kier alpha value is -2.98. The molecule has 0 unspecified atom stereocenters. The first kappa shape index (κ1) is 18.8. The Balaban J connectivity index is 1.99. The van der Waals surface area contributed by atoms with Crippen molar-refractivity contribution in [2.24, 2.45) is 0 Å². The van der Waals surface area contributed by atoms with Gasteiger partial charge in [0.05, 0.1) is 33.8 Å². The quantitative estimate of drug-likeness (QED) is 0.542. The number of hydrogen-bond acceptors (Lipinski definition) is 5. The fraction of sp³-hybridized carbons (Fsp3) is 0.150. The monoisotopic (exact) mass is 426 g/mol. The van der Waals surface area contributed by atoms with Gasteiger partial charge in [-0.2, -0.15) is 5.26 Å². The molecule has 0 spiro atoms. The topological polar surface area (TPSA) is 62.0 Å². The number of nitrogens with zero attached hydrogens (tertiary/aromatic N) is 4. The van der Waals surface area contributed by atoms with Crippen LogP contribution in [0.5, 0.6) is 5.75 Å². The first-order valence-corrected chi connectivity index (χ1v) is 9.01. The molecule has 0 aliphatic rings. The molecule has 0 radical (unpaired) electrons. The highest BCUT2D eigenvalue weighted by molar-refractivity contribution is 9.10. The predicted molar refractivity (Wildman–Crippen MR) is 105 cm³/mol. The van der Waals surface area contributed by atoms with E-state index in [2.05, 4.69) is 32.0 Å². The SMILES string of the molecule is N#Cc1ccccc1N(Cc1ccc(Br)c(OCCF)c1)c1cncnc1. The van der Waals surface area contributed by atoms with E-state index in [1.54, 1.807) is 18.5 Å². The van der Waals surface area contributed by atoms with Gasteiger partial charge < -0.3 is 9.64 Å². The Morgan fingerprint density at radius 2 is 1.93 bits per heavy atom. The van der Waals surface area contributed by atoms with Crippen LogP contribution in [0.15, 0.2) is 65.7 Å². The Morgan fingerprint density at radius 1 is 1.15 bits per heavy atom. The Morgan fingerprint density at radius 3 is 2.67 bits per heavy atom.